The van der Waals surface area contributed by atoms with Crippen molar-refractivity contribution >= 4 is 34.6 Å². The van der Waals surface area contributed by atoms with Crippen molar-refractivity contribution in [2.24, 2.45) is 0 Å². The molecule has 0 aliphatic rings. The highest BCUT2D eigenvalue weighted by atomic mass is 35.5. The molecule has 0 unspecified atom stereocenters. The van der Waals surface area contributed by atoms with Gasteiger partial charge in [-0.15, -0.1) is 0 Å². The third-order valence-electron chi connectivity index (χ3n) is 1.72. The fourth-order valence-corrected chi connectivity index (χ4v) is 1.71. The fourth-order valence-electron chi connectivity index (χ4n) is 1.07. The molecule has 0 aliphatic heterocycles. The number of hydrogen-bond acceptors (Lipinski definition) is 5. The van der Waals surface area contributed by atoms with Crippen LogP contribution >= 0.6 is 23.2 Å². The Morgan fingerprint density at radius 2 is 1.69 bits per heavy atom. The first-order chi connectivity index (χ1) is 7.40. The monoisotopic (exact) mass is 266 g/mol. The molecule has 0 amide bonds. The summed E-state index contributed by atoms with van der Waals surface area (Å²) in [6.45, 7) is 0. The van der Waals surface area contributed by atoms with Gasteiger partial charge in [0.05, 0.1) is 17.0 Å². The number of rotatable bonds is 3. The fraction of sp³-hybridized carbons (Fsp3) is 0.143. The lowest BCUT2D eigenvalue weighted by molar-refractivity contribution is -0.394. The Morgan fingerprint density at radius 3 is 2.06 bits per heavy atom. The van der Waals surface area contributed by atoms with E-state index in [4.69, 9.17) is 23.2 Å². The van der Waals surface area contributed by atoms with E-state index in [1.165, 1.54) is 7.11 Å². The van der Waals surface area contributed by atoms with E-state index < -0.39 is 26.2 Å². The van der Waals surface area contributed by atoms with Crippen LogP contribution < -0.4 is 4.74 Å². The number of nitro groups is 2. The molecule has 0 aromatic heterocycles. The predicted molar refractivity (Wildman–Crippen MR) is 56.3 cm³/mol. The van der Waals surface area contributed by atoms with Crippen molar-refractivity contribution in [1.82, 2.24) is 0 Å². The van der Waals surface area contributed by atoms with Crippen molar-refractivity contribution in [2.45, 2.75) is 0 Å². The van der Waals surface area contributed by atoms with Crippen molar-refractivity contribution in [2.75, 3.05) is 7.11 Å². The second kappa shape index (κ2) is 4.50. The summed E-state index contributed by atoms with van der Waals surface area (Å²) >= 11 is 11.1. The van der Waals surface area contributed by atoms with Crippen LogP contribution in [0.25, 0.3) is 0 Å². The summed E-state index contributed by atoms with van der Waals surface area (Å²) in [5.41, 5.74) is -1.39. The van der Waals surface area contributed by atoms with Crippen LogP contribution in [0.2, 0.25) is 10.0 Å². The van der Waals surface area contributed by atoms with E-state index in [1.807, 2.05) is 0 Å². The maximum absolute atomic E-state index is 10.7. The topological polar surface area (TPSA) is 95.5 Å². The Balaban J connectivity index is 3.65. The van der Waals surface area contributed by atoms with Gasteiger partial charge in [-0.25, -0.2) is 0 Å². The quantitative estimate of drug-likeness (QED) is 0.619. The van der Waals surface area contributed by atoms with Crippen molar-refractivity contribution in [1.29, 1.82) is 0 Å². The van der Waals surface area contributed by atoms with E-state index in [9.17, 15) is 20.2 Å². The van der Waals surface area contributed by atoms with Gasteiger partial charge >= 0.3 is 11.4 Å². The molecule has 1 rings (SSSR count). The molecule has 0 spiro atoms. The first kappa shape index (κ1) is 12.5. The van der Waals surface area contributed by atoms with Gasteiger partial charge < -0.3 is 4.74 Å². The highest BCUT2D eigenvalue weighted by Gasteiger charge is 2.31. The van der Waals surface area contributed by atoms with E-state index in [2.05, 4.69) is 4.74 Å². The average Bonchev–Trinajstić information content (AvgIpc) is 2.14. The van der Waals surface area contributed by atoms with Crippen LogP contribution in [-0.4, -0.2) is 17.0 Å². The highest BCUT2D eigenvalue weighted by molar-refractivity contribution is 6.40. The maximum Gasteiger partial charge on any atom is 0.336 e. The summed E-state index contributed by atoms with van der Waals surface area (Å²) in [6, 6.07) is 0.976. The summed E-state index contributed by atoms with van der Waals surface area (Å²) in [5, 5.41) is 20.3. The SMILES string of the molecule is COc1cc(Cl)c([N+](=O)[O-])c(Cl)c1[N+](=O)[O-]. The molecule has 0 atom stereocenters. The zero-order valence-electron chi connectivity index (χ0n) is 7.77. The van der Waals surface area contributed by atoms with E-state index in [-0.39, 0.29) is 10.8 Å². The molecule has 7 nitrogen and oxygen atoms in total. The van der Waals surface area contributed by atoms with Crippen molar-refractivity contribution in [3.8, 4) is 5.75 Å². The van der Waals surface area contributed by atoms with Crippen LogP contribution in [-0.2, 0) is 0 Å². The Bertz CT molecular complexity index is 476. The molecule has 0 bridgehead atoms. The van der Waals surface area contributed by atoms with Crippen molar-refractivity contribution in [3.05, 3.63) is 36.3 Å². The van der Waals surface area contributed by atoms with Crippen LogP contribution in [0.4, 0.5) is 11.4 Å². The molecule has 0 heterocycles. The number of methoxy groups -OCH3 is 1. The summed E-state index contributed by atoms with van der Waals surface area (Å²) in [6.07, 6.45) is 0. The number of benzene rings is 1. The second-order valence-corrected chi connectivity index (χ2v) is 3.37. The third kappa shape index (κ3) is 2.00. The van der Waals surface area contributed by atoms with Crippen LogP contribution in [0.3, 0.4) is 0 Å². The molecule has 9 heteroatoms. The zero-order valence-corrected chi connectivity index (χ0v) is 9.28. The average molecular weight is 267 g/mol. The summed E-state index contributed by atoms with van der Waals surface area (Å²) in [7, 11) is 1.17. The van der Waals surface area contributed by atoms with Crippen LogP contribution in [0.1, 0.15) is 0 Å². The van der Waals surface area contributed by atoms with E-state index in [1.54, 1.807) is 0 Å². The van der Waals surface area contributed by atoms with Gasteiger partial charge in [0.15, 0.2) is 0 Å². The van der Waals surface area contributed by atoms with Crippen LogP contribution in [0, 0.1) is 20.2 Å². The molecule has 1 aromatic rings. The summed E-state index contributed by atoms with van der Waals surface area (Å²) in [4.78, 5) is 19.5. The molecule has 1 aromatic carbocycles. The minimum absolute atomic E-state index is 0.231. The van der Waals surface area contributed by atoms with E-state index in [0.29, 0.717) is 0 Å². The first-order valence-electron chi connectivity index (χ1n) is 3.75. The Kier molecular flexibility index (Phi) is 3.51. The lowest BCUT2D eigenvalue weighted by Gasteiger charge is -2.04. The minimum atomic E-state index is -0.892. The number of nitrogens with zero attached hydrogens (tertiary/aromatic N) is 2. The van der Waals surface area contributed by atoms with Crippen molar-refractivity contribution in [3.63, 3.8) is 0 Å². The molecule has 0 radical (unpaired) electrons. The largest absolute Gasteiger partial charge is 0.490 e. The normalized spacial score (nSPS) is 9.94. The standard InChI is InChI=1S/C7H4Cl2N2O5/c1-16-4-2-3(8)6(10(12)13)5(9)7(4)11(14)15/h2H,1H3. The number of halogens is 2. The van der Waals surface area contributed by atoms with Crippen molar-refractivity contribution < 1.29 is 14.6 Å². The summed E-state index contributed by atoms with van der Waals surface area (Å²) in [5.74, 6) is -0.231. The highest BCUT2D eigenvalue weighted by Crippen LogP contribution is 2.45. The smallest absolute Gasteiger partial charge is 0.336 e. The Hall–Kier alpha value is -1.60. The lowest BCUT2D eigenvalue weighted by atomic mass is 10.2. The minimum Gasteiger partial charge on any atom is -0.490 e. The molecule has 0 fully saturated rings. The Morgan fingerprint density at radius 1 is 1.19 bits per heavy atom. The van der Waals surface area contributed by atoms with Gasteiger partial charge in [0.2, 0.25) is 10.8 Å². The number of nitro benzene ring substituents is 2. The molecular weight excluding hydrogens is 263 g/mol. The van der Waals surface area contributed by atoms with E-state index in [0.717, 1.165) is 6.07 Å². The molecule has 0 saturated heterocycles. The first-order valence-corrected chi connectivity index (χ1v) is 4.50. The van der Waals surface area contributed by atoms with Gasteiger partial charge in [-0.3, -0.25) is 20.2 Å². The number of hydrogen-bond donors (Lipinski definition) is 0. The van der Waals surface area contributed by atoms with Crippen LogP contribution in [0.5, 0.6) is 5.75 Å². The zero-order chi connectivity index (χ0) is 12.5. The van der Waals surface area contributed by atoms with Gasteiger partial charge in [0, 0.05) is 6.07 Å². The van der Waals surface area contributed by atoms with Gasteiger partial charge in [0.25, 0.3) is 0 Å². The molecule has 0 N–H and O–H groups in total. The van der Waals surface area contributed by atoms with Gasteiger partial charge in [-0.2, -0.15) is 0 Å². The summed E-state index contributed by atoms with van der Waals surface area (Å²) < 4.78 is 4.67. The molecular formula is C7H4Cl2N2O5. The van der Waals surface area contributed by atoms with Gasteiger partial charge in [-0.05, 0) is 0 Å². The molecule has 86 valence electrons. The lowest BCUT2D eigenvalue weighted by Crippen LogP contribution is -1.99. The van der Waals surface area contributed by atoms with E-state index >= 15 is 0 Å². The maximum atomic E-state index is 10.7. The predicted octanol–water partition coefficient (Wildman–Crippen LogP) is 2.82. The number of ether oxygens (including phenoxy) is 1. The molecule has 0 aliphatic carbocycles. The third-order valence-corrected chi connectivity index (χ3v) is 2.36. The molecule has 16 heavy (non-hydrogen) atoms. The van der Waals surface area contributed by atoms with Gasteiger partial charge in [0.1, 0.15) is 5.02 Å². The second-order valence-electron chi connectivity index (χ2n) is 2.59. The molecule has 0 saturated carbocycles. The Labute approximate surface area is 98.8 Å². The van der Waals surface area contributed by atoms with Gasteiger partial charge in [-0.1, -0.05) is 23.2 Å². The van der Waals surface area contributed by atoms with Crippen LogP contribution in [0.15, 0.2) is 6.07 Å².